The Kier molecular flexibility index (Phi) is 7.07. The molecule has 0 radical (unpaired) electrons. The summed E-state index contributed by atoms with van der Waals surface area (Å²) in [5.74, 6) is 0.627. The third-order valence-electron chi connectivity index (χ3n) is 5.81. The molecular formula is C23H34N6O2S. The van der Waals surface area contributed by atoms with E-state index in [1.165, 1.54) is 5.01 Å². The maximum atomic E-state index is 13.3. The van der Waals surface area contributed by atoms with Gasteiger partial charge in [0.25, 0.3) is 5.91 Å². The second-order valence-corrected chi connectivity index (χ2v) is 10.5. The smallest absolute Gasteiger partial charge is 0.272 e. The van der Waals surface area contributed by atoms with Crippen LogP contribution in [-0.4, -0.2) is 83.1 Å². The van der Waals surface area contributed by atoms with Gasteiger partial charge in [0.15, 0.2) is 0 Å². The monoisotopic (exact) mass is 458 g/mol. The van der Waals surface area contributed by atoms with Crippen molar-refractivity contribution in [3.05, 3.63) is 33.5 Å². The fourth-order valence-corrected chi connectivity index (χ4v) is 4.91. The molecule has 0 spiro atoms. The zero-order chi connectivity index (χ0) is 22.7. The first-order valence-electron chi connectivity index (χ1n) is 11.4. The highest BCUT2D eigenvalue weighted by Gasteiger charge is 2.24. The van der Waals surface area contributed by atoms with Gasteiger partial charge in [-0.1, -0.05) is 20.8 Å². The molecule has 4 rings (SSSR count). The fraction of sp³-hybridized carbons (Fsp3) is 0.652. The van der Waals surface area contributed by atoms with Crippen LogP contribution in [0.4, 0.5) is 5.95 Å². The van der Waals surface area contributed by atoms with Crippen molar-refractivity contribution in [2.24, 2.45) is 0 Å². The molecule has 0 aromatic carbocycles. The zero-order valence-electron chi connectivity index (χ0n) is 19.6. The molecule has 0 aliphatic carbocycles. The van der Waals surface area contributed by atoms with E-state index in [0.717, 1.165) is 57.1 Å². The van der Waals surface area contributed by atoms with E-state index in [9.17, 15) is 4.79 Å². The number of anilines is 1. The van der Waals surface area contributed by atoms with Crippen molar-refractivity contribution in [2.45, 2.75) is 46.1 Å². The molecule has 0 unspecified atom stereocenters. The molecule has 174 valence electrons. The van der Waals surface area contributed by atoms with Crippen molar-refractivity contribution in [3.63, 3.8) is 0 Å². The first-order valence-corrected chi connectivity index (χ1v) is 12.3. The van der Waals surface area contributed by atoms with E-state index >= 15 is 0 Å². The molecule has 0 bridgehead atoms. The molecule has 2 aliphatic rings. The summed E-state index contributed by atoms with van der Waals surface area (Å²) < 4.78 is 5.43. The summed E-state index contributed by atoms with van der Waals surface area (Å²) in [7, 11) is 0. The number of thiazole rings is 1. The summed E-state index contributed by atoms with van der Waals surface area (Å²) in [4.78, 5) is 33.7. The van der Waals surface area contributed by atoms with Gasteiger partial charge in [0.2, 0.25) is 5.95 Å². The van der Waals surface area contributed by atoms with Crippen molar-refractivity contribution >= 4 is 23.2 Å². The second-order valence-electron chi connectivity index (χ2n) is 9.61. The van der Waals surface area contributed by atoms with Crippen LogP contribution >= 0.6 is 11.3 Å². The lowest BCUT2D eigenvalue weighted by Gasteiger charge is -2.27. The van der Waals surface area contributed by atoms with Crippen molar-refractivity contribution in [2.75, 3.05) is 57.4 Å². The minimum atomic E-state index is -0.00413. The van der Waals surface area contributed by atoms with Crippen molar-refractivity contribution in [1.29, 1.82) is 0 Å². The number of carbonyl (C=O) groups is 1. The van der Waals surface area contributed by atoms with E-state index in [-0.39, 0.29) is 11.3 Å². The summed E-state index contributed by atoms with van der Waals surface area (Å²) in [5.41, 5.74) is 2.52. The number of hydrogen-bond acceptors (Lipinski definition) is 8. The Morgan fingerprint density at radius 2 is 1.84 bits per heavy atom. The van der Waals surface area contributed by atoms with Gasteiger partial charge in [0, 0.05) is 62.3 Å². The lowest BCUT2D eigenvalue weighted by Crippen LogP contribution is -2.39. The Labute approximate surface area is 194 Å². The summed E-state index contributed by atoms with van der Waals surface area (Å²) in [5, 5.41) is 3.35. The molecule has 2 aromatic heterocycles. The Hall–Kier alpha value is -2.10. The van der Waals surface area contributed by atoms with Gasteiger partial charge in [-0.3, -0.25) is 9.69 Å². The van der Waals surface area contributed by atoms with Crippen LogP contribution in [0.15, 0.2) is 11.4 Å². The standard InChI is InChI=1S/C23H34N6O2S/c1-17-14-19(26-22(24-17)29-10-12-31-13-11-29)20(30)28-7-5-6-27(8-9-28)15-18-16-32-21(25-18)23(2,3)4/h14,16H,5-13,15H2,1-4H3. The molecule has 2 aromatic rings. The molecular weight excluding hydrogens is 424 g/mol. The minimum absolute atomic E-state index is 0.00413. The molecule has 0 N–H and O–H groups in total. The van der Waals surface area contributed by atoms with Crippen molar-refractivity contribution < 1.29 is 9.53 Å². The highest BCUT2D eigenvalue weighted by Crippen LogP contribution is 2.26. The van der Waals surface area contributed by atoms with Gasteiger partial charge in [-0.15, -0.1) is 11.3 Å². The summed E-state index contributed by atoms with van der Waals surface area (Å²) in [6.45, 7) is 15.4. The first-order chi connectivity index (χ1) is 15.3. The third-order valence-corrected chi connectivity index (χ3v) is 7.13. The molecule has 8 nitrogen and oxygen atoms in total. The highest BCUT2D eigenvalue weighted by atomic mass is 32.1. The number of hydrogen-bond donors (Lipinski definition) is 0. The van der Waals surface area contributed by atoms with Gasteiger partial charge >= 0.3 is 0 Å². The summed E-state index contributed by atoms with van der Waals surface area (Å²) >= 11 is 1.74. The van der Waals surface area contributed by atoms with Gasteiger partial charge in [-0.2, -0.15) is 0 Å². The number of aryl methyl sites for hydroxylation is 1. The van der Waals surface area contributed by atoms with Gasteiger partial charge in [0.05, 0.1) is 23.9 Å². The van der Waals surface area contributed by atoms with E-state index < -0.39 is 0 Å². The highest BCUT2D eigenvalue weighted by molar-refractivity contribution is 7.09. The van der Waals surface area contributed by atoms with E-state index in [2.05, 4.69) is 45.9 Å². The normalized spacial score (nSPS) is 18.6. The van der Waals surface area contributed by atoms with Crippen LogP contribution in [0.3, 0.4) is 0 Å². The van der Waals surface area contributed by atoms with Gasteiger partial charge in [-0.25, -0.2) is 15.0 Å². The first kappa shape index (κ1) is 23.1. The van der Waals surface area contributed by atoms with Crippen molar-refractivity contribution in [1.82, 2.24) is 24.8 Å². The molecule has 1 amide bonds. The number of carbonyl (C=O) groups excluding carboxylic acids is 1. The summed E-state index contributed by atoms with van der Waals surface area (Å²) in [6, 6.07) is 1.80. The fourth-order valence-electron chi connectivity index (χ4n) is 4.01. The van der Waals surface area contributed by atoms with Gasteiger partial charge < -0.3 is 14.5 Å². The molecule has 0 saturated carbocycles. The van der Waals surface area contributed by atoms with Crippen LogP contribution in [0.5, 0.6) is 0 Å². The van der Waals surface area contributed by atoms with E-state index in [0.29, 0.717) is 31.4 Å². The number of nitrogens with zero attached hydrogens (tertiary/aromatic N) is 6. The molecule has 0 atom stereocenters. The average molecular weight is 459 g/mol. The Morgan fingerprint density at radius 3 is 2.56 bits per heavy atom. The quantitative estimate of drug-likeness (QED) is 0.697. The molecule has 4 heterocycles. The lowest BCUT2D eigenvalue weighted by atomic mass is 9.98. The number of rotatable bonds is 4. The average Bonchev–Trinajstić information content (AvgIpc) is 3.12. The predicted octanol–water partition coefficient (Wildman–Crippen LogP) is 2.72. The molecule has 2 fully saturated rings. The topological polar surface area (TPSA) is 74.7 Å². The largest absolute Gasteiger partial charge is 0.378 e. The summed E-state index contributed by atoms with van der Waals surface area (Å²) in [6.07, 6.45) is 0.947. The molecule has 2 saturated heterocycles. The minimum Gasteiger partial charge on any atom is -0.378 e. The van der Waals surface area contributed by atoms with Crippen LogP contribution in [0, 0.1) is 6.92 Å². The Bertz CT molecular complexity index is 935. The molecule has 2 aliphatic heterocycles. The lowest BCUT2D eigenvalue weighted by molar-refractivity contribution is 0.0754. The third kappa shape index (κ3) is 5.63. The van der Waals surface area contributed by atoms with Crippen LogP contribution in [0.1, 0.15) is 54.1 Å². The van der Waals surface area contributed by atoms with Gasteiger partial charge in [0.1, 0.15) is 5.69 Å². The number of ether oxygens (including phenoxy) is 1. The van der Waals surface area contributed by atoms with Crippen LogP contribution in [0.25, 0.3) is 0 Å². The second kappa shape index (κ2) is 9.80. The Morgan fingerprint density at radius 1 is 1.06 bits per heavy atom. The van der Waals surface area contributed by atoms with E-state index in [1.54, 1.807) is 17.4 Å². The van der Waals surface area contributed by atoms with E-state index in [4.69, 9.17) is 9.72 Å². The SMILES string of the molecule is Cc1cc(C(=O)N2CCCN(Cc3csc(C(C)(C)C)n3)CC2)nc(N2CCOCC2)n1. The van der Waals surface area contributed by atoms with Gasteiger partial charge in [-0.05, 0) is 19.4 Å². The predicted molar refractivity (Wildman–Crippen MR) is 126 cm³/mol. The van der Waals surface area contributed by atoms with Crippen LogP contribution in [0.2, 0.25) is 0 Å². The molecule has 9 heteroatoms. The van der Waals surface area contributed by atoms with E-state index in [1.807, 2.05) is 11.8 Å². The maximum Gasteiger partial charge on any atom is 0.272 e. The zero-order valence-corrected chi connectivity index (χ0v) is 20.5. The number of amides is 1. The van der Waals surface area contributed by atoms with Crippen LogP contribution in [-0.2, 0) is 16.7 Å². The van der Waals surface area contributed by atoms with Crippen LogP contribution < -0.4 is 4.90 Å². The van der Waals surface area contributed by atoms with Crippen molar-refractivity contribution in [3.8, 4) is 0 Å². The Balaban J connectivity index is 1.39. The molecule has 32 heavy (non-hydrogen) atoms. The number of morpholine rings is 1. The number of aromatic nitrogens is 3. The maximum absolute atomic E-state index is 13.3.